The molecule has 0 aromatic heterocycles. The number of hydrogen-bond donors (Lipinski definition) is 2. The van der Waals surface area contributed by atoms with E-state index in [2.05, 4.69) is 10.6 Å². The Balaban J connectivity index is 1.72. The molecule has 1 aromatic carbocycles. The Kier molecular flexibility index (Phi) is 6.43. The molecule has 0 saturated heterocycles. The van der Waals surface area contributed by atoms with Crippen molar-refractivity contribution in [3.05, 3.63) is 24.3 Å². The normalized spacial score (nSPS) is 16.1. The van der Waals surface area contributed by atoms with E-state index >= 15 is 0 Å². The van der Waals surface area contributed by atoms with Crippen molar-refractivity contribution < 1.29 is 19.1 Å². The van der Waals surface area contributed by atoms with Gasteiger partial charge in [0.25, 0.3) is 0 Å². The van der Waals surface area contributed by atoms with Crippen LogP contribution in [0.5, 0.6) is 11.5 Å². The number of imide groups is 1. The van der Waals surface area contributed by atoms with Gasteiger partial charge >= 0.3 is 6.03 Å². The zero-order valence-corrected chi connectivity index (χ0v) is 14.4. The number of ether oxygens (including phenoxy) is 2. The minimum absolute atomic E-state index is 0.108. The van der Waals surface area contributed by atoms with Gasteiger partial charge in [-0.3, -0.25) is 15.0 Å². The highest BCUT2D eigenvalue weighted by molar-refractivity contribution is 5.95. The van der Waals surface area contributed by atoms with Gasteiger partial charge in [-0.05, 0) is 25.1 Å². The zero-order valence-electron chi connectivity index (χ0n) is 14.4. The average Bonchev–Trinajstić information content (AvgIpc) is 2.52. The highest BCUT2D eigenvalue weighted by Crippen LogP contribution is 2.30. The number of nitrogens with zero attached hydrogens (tertiary/aromatic N) is 1. The molecule has 1 heterocycles. The van der Waals surface area contributed by atoms with Gasteiger partial charge in [0.15, 0.2) is 11.5 Å². The van der Waals surface area contributed by atoms with Crippen LogP contribution in [0.2, 0.25) is 0 Å². The number of fused-ring (bicyclic) bond motifs is 1. The second-order valence-electron chi connectivity index (χ2n) is 6.35. The number of benzene rings is 1. The van der Waals surface area contributed by atoms with E-state index in [-0.39, 0.29) is 18.6 Å². The summed E-state index contributed by atoms with van der Waals surface area (Å²) in [5, 5.41) is 4.96. The van der Waals surface area contributed by atoms with Crippen LogP contribution in [-0.4, -0.2) is 56.2 Å². The summed E-state index contributed by atoms with van der Waals surface area (Å²) in [6.07, 6.45) is -0.160. The van der Waals surface area contributed by atoms with E-state index in [4.69, 9.17) is 9.47 Å². The van der Waals surface area contributed by atoms with E-state index in [1.807, 2.05) is 38.1 Å². The van der Waals surface area contributed by atoms with Gasteiger partial charge in [-0.15, -0.1) is 0 Å². The summed E-state index contributed by atoms with van der Waals surface area (Å²) in [4.78, 5) is 25.2. The summed E-state index contributed by atoms with van der Waals surface area (Å²) in [5.41, 5.74) is 0. The molecule has 0 aliphatic carbocycles. The van der Waals surface area contributed by atoms with Crippen molar-refractivity contribution in [1.82, 2.24) is 15.5 Å². The Bertz CT molecular complexity index is 577. The number of amides is 3. The fraction of sp³-hybridized carbons (Fsp3) is 0.529. The fourth-order valence-corrected chi connectivity index (χ4v) is 2.32. The molecule has 1 aromatic rings. The quantitative estimate of drug-likeness (QED) is 0.818. The Morgan fingerprint density at radius 2 is 2.00 bits per heavy atom. The van der Waals surface area contributed by atoms with E-state index in [1.54, 1.807) is 11.9 Å². The molecule has 2 N–H and O–H groups in total. The number of carbonyl (C=O) groups excluding carboxylic acids is 2. The molecule has 1 unspecified atom stereocenters. The molecule has 0 radical (unpaired) electrons. The first-order valence-electron chi connectivity index (χ1n) is 8.08. The standard InChI is InChI=1S/C17H25N3O4/c1-12(2)8-18-17(22)19-16(21)10-20(3)9-13-11-23-14-6-4-5-7-15(14)24-13/h4-7,12-13H,8-11H2,1-3H3,(H2,18,19,21,22). The smallest absolute Gasteiger partial charge is 0.321 e. The lowest BCUT2D eigenvalue weighted by molar-refractivity contribution is -0.121. The van der Waals surface area contributed by atoms with E-state index in [1.165, 1.54) is 0 Å². The van der Waals surface area contributed by atoms with Gasteiger partial charge in [0.05, 0.1) is 6.54 Å². The van der Waals surface area contributed by atoms with Crippen LogP contribution >= 0.6 is 0 Å². The van der Waals surface area contributed by atoms with Crippen LogP contribution in [0.15, 0.2) is 24.3 Å². The van der Waals surface area contributed by atoms with Crippen molar-refractivity contribution >= 4 is 11.9 Å². The molecule has 0 saturated carbocycles. The van der Waals surface area contributed by atoms with Crippen molar-refractivity contribution in [3.63, 3.8) is 0 Å². The van der Waals surface area contributed by atoms with Crippen molar-refractivity contribution in [2.75, 3.05) is 33.3 Å². The molecule has 1 aliphatic heterocycles. The van der Waals surface area contributed by atoms with Crippen LogP contribution in [0.25, 0.3) is 0 Å². The summed E-state index contributed by atoms with van der Waals surface area (Å²) in [6, 6.07) is 7.03. The summed E-state index contributed by atoms with van der Waals surface area (Å²) >= 11 is 0. The Hall–Kier alpha value is -2.28. The number of carbonyl (C=O) groups is 2. The van der Waals surface area contributed by atoms with E-state index in [0.29, 0.717) is 31.4 Å². The topological polar surface area (TPSA) is 79.9 Å². The van der Waals surface area contributed by atoms with Crippen LogP contribution in [0.3, 0.4) is 0 Å². The van der Waals surface area contributed by atoms with Gasteiger partial charge in [0.2, 0.25) is 5.91 Å². The van der Waals surface area contributed by atoms with Crippen LogP contribution in [0, 0.1) is 5.92 Å². The molecule has 0 fully saturated rings. The first-order chi connectivity index (χ1) is 11.4. The third-order valence-corrected chi connectivity index (χ3v) is 3.42. The first kappa shape index (κ1) is 18.1. The maximum atomic E-state index is 11.9. The molecule has 3 amide bonds. The summed E-state index contributed by atoms with van der Waals surface area (Å²) in [7, 11) is 1.80. The summed E-state index contributed by atoms with van der Waals surface area (Å²) in [5.74, 6) is 1.42. The molecular weight excluding hydrogens is 310 g/mol. The SMILES string of the molecule is CC(C)CNC(=O)NC(=O)CN(C)CC1COc2ccccc2O1. The summed E-state index contributed by atoms with van der Waals surface area (Å²) < 4.78 is 11.5. The number of urea groups is 1. The number of para-hydroxylation sites is 2. The van der Waals surface area contributed by atoms with Crippen LogP contribution in [0.4, 0.5) is 4.79 Å². The van der Waals surface area contributed by atoms with Crippen LogP contribution in [0.1, 0.15) is 13.8 Å². The maximum absolute atomic E-state index is 11.9. The third kappa shape index (κ3) is 5.73. The highest BCUT2D eigenvalue weighted by atomic mass is 16.6. The van der Waals surface area contributed by atoms with Crippen molar-refractivity contribution in [3.8, 4) is 11.5 Å². The lowest BCUT2D eigenvalue weighted by atomic mass is 10.2. The van der Waals surface area contributed by atoms with Crippen molar-refractivity contribution in [2.45, 2.75) is 20.0 Å². The van der Waals surface area contributed by atoms with Gasteiger partial charge in [-0.2, -0.15) is 0 Å². The molecule has 132 valence electrons. The average molecular weight is 335 g/mol. The maximum Gasteiger partial charge on any atom is 0.321 e. The monoisotopic (exact) mass is 335 g/mol. The molecule has 24 heavy (non-hydrogen) atoms. The number of likely N-dealkylation sites (N-methyl/N-ethyl adjacent to an activating group) is 1. The second-order valence-corrected chi connectivity index (χ2v) is 6.35. The van der Waals surface area contributed by atoms with E-state index in [9.17, 15) is 9.59 Å². The molecule has 1 atom stereocenters. The van der Waals surface area contributed by atoms with Crippen molar-refractivity contribution in [1.29, 1.82) is 0 Å². The number of hydrogen-bond acceptors (Lipinski definition) is 5. The summed E-state index contributed by atoms with van der Waals surface area (Å²) in [6.45, 7) is 5.56. The molecule has 1 aliphatic rings. The van der Waals surface area contributed by atoms with Crippen LogP contribution in [-0.2, 0) is 4.79 Å². The Morgan fingerprint density at radius 3 is 2.71 bits per heavy atom. The lowest BCUT2D eigenvalue weighted by Crippen LogP contribution is -2.47. The fourth-order valence-electron chi connectivity index (χ4n) is 2.32. The zero-order chi connectivity index (χ0) is 17.5. The highest BCUT2D eigenvalue weighted by Gasteiger charge is 2.22. The largest absolute Gasteiger partial charge is 0.486 e. The van der Waals surface area contributed by atoms with Gasteiger partial charge in [-0.1, -0.05) is 26.0 Å². The van der Waals surface area contributed by atoms with Gasteiger partial charge in [0, 0.05) is 13.1 Å². The Labute approximate surface area is 142 Å². The van der Waals surface area contributed by atoms with Crippen LogP contribution < -0.4 is 20.1 Å². The van der Waals surface area contributed by atoms with Gasteiger partial charge < -0.3 is 14.8 Å². The molecule has 7 nitrogen and oxygen atoms in total. The predicted molar refractivity (Wildman–Crippen MR) is 90.2 cm³/mol. The number of rotatable bonds is 6. The first-order valence-corrected chi connectivity index (χ1v) is 8.08. The third-order valence-electron chi connectivity index (χ3n) is 3.42. The minimum Gasteiger partial charge on any atom is -0.486 e. The minimum atomic E-state index is -0.465. The van der Waals surface area contributed by atoms with Crippen molar-refractivity contribution in [2.24, 2.45) is 5.92 Å². The van der Waals surface area contributed by atoms with E-state index < -0.39 is 6.03 Å². The second kappa shape index (κ2) is 8.54. The van der Waals surface area contributed by atoms with Gasteiger partial charge in [0.1, 0.15) is 12.7 Å². The molecule has 2 rings (SSSR count). The van der Waals surface area contributed by atoms with E-state index in [0.717, 1.165) is 5.75 Å². The number of nitrogens with one attached hydrogen (secondary N) is 2. The Morgan fingerprint density at radius 1 is 1.29 bits per heavy atom. The molecule has 7 heteroatoms. The lowest BCUT2D eigenvalue weighted by Gasteiger charge is -2.29. The molecular formula is C17H25N3O4. The molecule has 0 spiro atoms. The predicted octanol–water partition coefficient (Wildman–Crippen LogP) is 1.24. The van der Waals surface area contributed by atoms with Gasteiger partial charge in [-0.25, -0.2) is 4.79 Å². The molecule has 0 bridgehead atoms.